The van der Waals surface area contributed by atoms with Crippen LogP contribution >= 0.6 is 0 Å². The third-order valence-electron chi connectivity index (χ3n) is 4.36. The van der Waals surface area contributed by atoms with Crippen molar-refractivity contribution in [3.8, 4) is 0 Å². The highest BCUT2D eigenvalue weighted by Gasteiger charge is 2.35. The molecule has 1 fully saturated rings. The van der Waals surface area contributed by atoms with Gasteiger partial charge in [0.05, 0.1) is 0 Å². The average Bonchev–Trinajstić information content (AvgIpc) is 3.00. The van der Waals surface area contributed by atoms with Gasteiger partial charge >= 0.3 is 0 Å². The summed E-state index contributed by atoms with van der Waals surface area (Å²) in [6.07, 6.45) is 1.53. The Bertz CT molecular complexity index is 1020. The van der Waals surface area contributed by atoms with Crippen molar-refractivity contribution in [2.24, 2.45) is 0 Å². The molecule has 0 unspecified atom stereocenters. The molecule has 1 aromatic heterocycles. The van der Waals surface area contributed by atoms with Gasteiger partial charge in [0.15, 0.2) is 5.76 Å². The Hall–Kier alpha value is -2.01. The van der Waals surface area contributed by atoms with Gasteiger partial charge in [0, 0.05) is 31.6 Å². The Morgan fingerprint density at radius 3 is 2.11 bits per heavy atom. The number of aromatic nitrogens is 1. The Morgan fingerprint density at radius 1 is 0.963 bits per heavy atom. The van der Waals surface area contributed by atoms with Crippen molar-refractivity contribution >= 4 is 26.1 Å². The summed E-state index contributed by atoms with van der Waals surface area (Å²) >= 11 is 0. The predicted octanol–water partition coefficient (Wildman–Crippen LogP) is 1.60. The Kier molecular flexibility index (Phi) is 5.52. The zero-order valence-electron chi connectivity index (χ0n) is 15.1. The minimum Gasteiger partial charge on any atom is -0.360 e. The van der Waals surface area contributed by atoms with Gasteiger partial charge in [0.2, 0.25) is 20.0 Å². The smallest absolute Gasteiger partial charge is 0.248 e. The number of hydrogen-bond donors (Lipinski definition) is 0. The lowest BCUT2D eigenvalue weighted by atomic mass is 10.2. The van der Waals surface area contributed by atoms with E-state index in [4.69, 9.17) is 4.52 Å². The molecule has 0 N–H and O–H groups in total. The van der Waals surface area contributed by atoms with Crippen molar-refractivity contribution in [2.75, 3.05) is 26.2 Å². The van der Waals surface area contributed by atoms with Crippen molar-refractivity contribution in [3.05, 3.63) is 52.8 Å². The molecule has 0 bridgehead atoms. The van der Waals surface area contributed by atoms with Crippen molar-refractivity contribution in [2.45, 2.75) is 18.7 Å². The summed E-state index contributed by atoms with van der Waals surface area (Å²) in [4.78, 5) is 0.0581. The third kappa shape index (κ3) is 4.13. The van der Waals surface area contributed by atoms with E-state index in [0.29, 0.717) is 5.69 Å². The Morgan fingerprint density at radius 2 is 1.56 bits per heavy atom. The maximum absolute atomic E-state index is 12.8. The van der Waals surface area contributed by atoms with Crippen molar-refractivity contribution in [1.29, 1.82) is 0 Å². The second kappa shape index (κ2) is 7.55. The molecule has 1 aromatic carbocycles. The monoisotopic (exact) mass is 411 g/mol. The summed E-state index contributed by atoms with van der Waals surface area (Å²) in [6, 6.07) is 9.11. The van der Waals surface area contributed by atoms with E-state index < -0.39 is 20.0 Å². The number of nitrogens with zero attached hydrogens (tertiary/aromatic N) is 3. The van der Waals surface area contributed by atoms with Crippen molar-refractivity contribution in [1.82, 2.24) is 13.8 Å². The molecule has 8 nitrogen and oxygen atoms in total. The maximum atomic E-state index is 12.8. The molecule has 1 saturated heterocycles. The number of benzene rings is 1. The van der Waals surface area contributed by atoms with Crippen LogP contribution in [0.25, 0.3) is 6.08 Å². The number of sulfonamides is 2. The quantitative estimate of drug-likeness (QED) is 0.741. The van der Waals surface area contributed by atoms with Crippen LogP contribution in [0.15, 0.2) is 45.2 Å². The van der Waals surface area contributed by atoms with E-state index >= 15 is 0 Å². The maximum Gasteiger partial charge on any atom is 0.248 e. The molecule has 3 rings (SSSR count). The molecule has 0 saturated carbocycles. The van der Waals surface area contributed by atoms with Gasteiger partial charge in [0.25, 0.3) is 0 Å². The molecule has 0 aliphatic carbocycles. The zero-order chi connectivity index (χ0) is 19.7. The van der Waals surface area contributed by atoms with E-state index in [1.807, 2.05) is 18.2 Å². The van der Waals surface area contributed by atoms with Gasteiger partial charge in [-0.05, 0) is 25.5 Å². The third-order valence-corrected chi connectivity index (χ3v) is 8.06. The second-order valence-electron chi connectivity index (χ2n) is 6.21. The first-order valence-electron chi connectivity index (χ1n) is 8.38. The summed E-state index contributed by atoms with van der Waals surface area (Å²) in [5, 5.41) is 4.84. The van der Waals surface area contributed by atoms with Crippen LogP contribution in [0, 0.1) is 13.8 Å². The summed E-state index contributed by atoms with van der Waals surface area (Å²) < 4.78 is 58.1. The zero-order valence-corrected chi connectivity index (χ0v) is 16.7. The second-order valence-corrected chi connectivity index (χ2v) is 9.91. The molecule has 10 heteroatoms. The fourth-order valence-corrected chi connectivity index (χ4v) is 5.84. The van der Waals surface area contributed by atoms with E-state index in [1.165, 1.54) is 14.7 Å². The highest BCUT2D eigenvalue weighted by molar-refractivity contribution is 7.92. The van der Waals surface area contributed by atoms with E-state index in [0.717, 1.165) is 11.0 Å². The molecule has 0 amide bonds. The van der Waals surface area contributed by atoms with Crippen LogP contribution in [0.1, 0.15) is 17.0 Å². The molecule has 146 valence electrons. The van der Waals surface area contributed by atoms with Crippen LogP contribution in [0.4, 0.5) is 0 Å². The van der Waals surface area contributed by atoms with Crippen LogP contribution in [-0.2, 0) is 20.0 Å². The SMILES string of the molecule is Cc1noc(C)c1S(=O)(=O)N1CCN(S(=O)(=O)/C=C/c2ccccc2)CC1. The van der Waals surface area contributed by atoms with Crippen molar-refractivity contribution < 1.29 is 21.4 Å². The standard InChI is InChI=1S/C17H21N3O5S2/c1-14-17(15(2)25-18-14)27(23,24)20-11-9-19(10-12-20)26(21,22)13-8-16-6-4-3-5-7-16/h3-8,13H,9-12H2,1-2H3/b13-8+. The number of hydrogen-bond acceptors (Lipinski definition) is 6. The van der Waals surface area contributed by atoms with Crippen LogP contribution in [0.5, 0.6) is 0 Å². The lowest BCUT2D eigenvalue weighted by molar-refractivity contribution is 0.274. The first kappa shape index (κ1) is 19.7. The van der Waals surface area contributed by atoms with E-state index in [1.54, 1.807) is 26.0 Å². The largest absolute Gasteiger partial charge is 0.360 e. The first-order valence-corrected chi connectivity index (χ1v) is 11.3. The molecular formula is C17H21N3O5S2. The molecule has 27 heavy (non-hydrogen) atoms. The lowest BCUT2D eigenvalue weighted by Crippen LogP contribution is -2.50. The summed E-state index contributed by atoms with van der Waals surface area (Å²) in [7, 11) is -7.39. The fourth-order valence-electron chi connectivity index (χ4n) is 2.95. The van der Waals surface area contributed by atoms with Crippen molar-refractivity contribution in [3.63, 3.8) is 0 Å². The van der Waals surface area contributed by atoms with Crippen LogP contribution in [-0.4, -0.2) is 56.8 Å². The van der Waals surface area contributed by atoms with E-state index in [9.17, 15) is 16.8 Å². The van der Waals surface area contributed by atoms with Gasteiger partial charge in [-0.2, -0.15) is 8.61 Å². The minimum atomic E-state index is -3.77. The molecule has 0 spiro atoms. The Balaban J connectivity index is 1.71. The van der Waals surface area contributed by atoms with Gasteiger partial charge in [-0.15, -0.1) is 0 Å². The molecular weight excluding hydrogens is 390 g/mol. The van der Waals surface area contributed by atoms with E-state index in [2.05, 4.69) is 5.16 Å². The van der Waals surface area contributed by atoms with Gasteiger partial charge in [-0.3, -0.25) is 0 Å². The predicted molar refractivity (Wildman–Crippen MR) is 101 cm³/mol. The minimum absolute atomic E-state index is 0.0581. The average molecular weight is 412 g/mol. The summed E-state index contributed by atoms with van der Waals surface area (Å²) in [6.45, 7) is 3.43. The highest BCUT2D eigenvalue weighted by Crippen LogP contribution is 2.24. The van der Waals surface area contributed by atoms with Gasteiger partial charge in [-0.1, -0.05) is 35.5 Å². The van der Waals surface area contributed by atoms with Gasteiger partial charge in [0.1, 0.15) is 10.6 Å². The molecule has 1 aliphatic rings. The molecule has 1 aliphatic heterocycles. The molecule has 2 aromatic rings. The van der Waals surface area contributed by atoms with Crippen LogP contribution < -0.4 is 0 Å². The normalized spacial score (nSPS) is 17.6. The van der Waals surface area contributed by atoms with Gasteiger partial charge in [-0.25, -0.2) is 16.8 Å². The first-order chi connectivity index (χ1) is 12.7. The molecule has 0 atom stereocenters. The fraction of sp³-hybridized carbons (Fsp3) is 0.353. The van der Waals surface area contributed by atoms with Gasteiger partial charge < -0.3 is 4.52 Å². The summed E-state index contributed by atoms with van der Waals surface area (Å²) in [5.41, 5.74) is 1.08. The molecule has 2 heterocycles. The van der Waals surface area contributed by atoms with Crippen LogP contribution in [0.3, 0.4) is 0 Å². The topological polar surface area (TPSA) is 101 Å². The summed E-state index contributed by atoms with van der Waals surface area (Å²) in [5.74, 6) is 0.230. The number of rotatable bonds is 5. The number of aryl methyl sites for hydroxylation is 2. The molecule has 0 radical (unpaired) electrons. The Labute approximate surface area is 159 Å². The lowest BCUT2D eigenvalue weighted by Gasteiger charge is -2.32. The van der Waals surface area contributed by atoms with E-state index in [-0.39, 0.29) is 36.8 Å². The van der Waals surface area contributed by atoms with Crippen LogP contribution in [0.2, 0.25) is 0 Å². The highest BCUT2D eigenvalue weighted by atomic mass is 32.2. The number of piperazine rings is 1.